The normalized spacial score (nSPS) is 17.2. The van der Waals surface area contributed by atoms with E-state index in [0.717, 1.165) is 23.6 Å². The monoisotopic (exact) mass is 300 g/mol. The van der Waals surface area contributed by atoms with Gasteiger partial charge in [-0.15, -0.1) is 0 Å². The molecule has 6 heteroatoms. The van der Waals surface area contributed by atoms with Crippen molar-refractivity contribution in [3.05, 3.63) is 47.8 Å². The first-order chi connectivity index (χ1) is 10.8. The summed E-state index contributed by atoms with van der Waals surface area (Å²) in [6.07, 6.45) is 1.75. The molecule has 1 amide bonds. The van der Waals surface area contributed by atoms with Crippen LogP contribution in [0.4, 0.5) is 0 Å². The standard InChI is InChI=1S/C16H20N4O2/c1-2-20-12(7-8-19-20)11-18-16(21)15-13-5-3-4-6-14(13)22-10-9-17-15/h3-8,15,17H,2,9-11H2,1H3,(H,18,21). The highest BCUT2D eigenvalue weighted by molar-refractivity contribution is 5.84. The van der Waals surface area contributed by atoms with Gasteiger partial charge in [0, 0.05) is 24.8 Å². The Kier molecular flexibility index (Phi) is 4.39. The predicted octanol–water partition coefficient (Wildman–Crippen LogP) is 1.24. The van der Waals surface area contributed by atoms with Gasteiger partial charge in [0.05, 0.1) is 12.2 Å². The van der Waals surface area contributed by atoms with E-state index in [1.165, 1.54) is 0 Å². The van der Waals surface area contributed by atoms with E-state index in [-0.39, 0.29) is 5.91 Å². The van der Waals surface area contributed by atoms with Crippen LogP contribution in [0.1, 0.15) is 24.2 Å². The lowest BCUT2D eigenvalue weighted by atomic mass is 10.1. The van der Waals surface area contributed by atoms with Crippen molar-refractivity contribution in [2.75, 3.05) is 13.2 Å². The zero-order valence-electron chi connectivity index (χ0n) is 12.6. The lowest BCUT2D eigenvalue weighted by Crippen LogP contribution is -2.37. The number of nitrogens with zero attached hydrogens (tertiary/aromatic N) is 2. The van der Waals surface area contributed by atoms with Crippen molar-refractivity contribution < 1.29 is 9.53 Å². The van der Waals surface area contributed by atoms with Crippen molar-refractivity contribution in [2.24, 2.45) is 0 Å². The number of amides is 1. The second-order valence-corrected chi connectivity index (χ2v) is 5.13. The van der Waals surface area contributed by atoms with Crippen LogP contribution < -0.4 is 15.4 Å². The molecule has 2 heterocycles. The van der Waals surface area contributed by atoms with E-state index < -0.39 is 6.04 Å². The van der Waals surface area contributed by atoms with Crippen LogP contribution in [0.25, 0.3) is 0 Å². The average Bonchev–Trinajstić information content (AvgIpc) is 2.90. The molecule has 22 heavy (non-hydrogen) atoms. The number of hydrogen-bond acceptors (Lipinski definition) is 4. The van der Waals surface area contributed by atoms with Crippen molar-refractivity contribution >= 4 is 5.91 Å². The van der Waals surface area contributed by atoms with Gasteiger partial charge in [-0.25, -0.2) is 0 Å². The Labute approximate surface area is 129 Å². The molecule has 1 aliphatic heterocycles. The zero-order chi connectivity index (χ0) is 15.4. The van der Waals surface area contributed by atoms with Gasteiger partial charge in [0.2, 0.25) is 5.91 Å². The Morgan fingerprint density at radius 2 is 2.32 bits per heavy atom. The SMILES string of the molecule is CCn1nccc1CNC(=O)C1NCCOc2ccccc21. The quantitative estimate of drug-likeness (QED) is 0.891. The van der Waals surface area contributed by atoms with E-state index >= 15 is 0 Å². The zero-order valence-corrected chi connectivity index (χ0v) is 12.6. The summed E-state index contributed by atoms with van der Waals surface area (Å²) in [5.74, 6) is 0.716. The predicted molar refractivity (Wildman–Crippen MR) is 82.4 cm³/mol. The highest BCUT2D eigenvalue weighted by Gasteiger charge is 2.25. The summed E-state index contributed by atoms with van der Waals surface area (Å²) in [6.45, 7) is 4.48. The third-order valence-electron chi connectivity index (χ3n) is 3.75. The van der Waals surface area contributed by atoms with E-state index in [2.05, 4.69) is 15.7 Å². The fourth-order valence-electron chi connectivity index (χ4n) is 2.63. The van der Waals surface area contributed by atoms with Crippen LogP contribution >= 0.6 is 0 Å². The number of nitrogens with one attached hydrogen (secondary N) is 2. The lowest BCUT2D eigenvalue weighted by Gasteiger charge is -2.17. The van der Waals surface area contributed by atoms with Crippen LogP contribution in [-0.2, 0) is 17.9 Å². The molecule has 0 bridgehead atoms. The molecule has 1 aliphatic rings. The number of fused-ring (bicyclic) bond motifs is 1. The molecule has 0 saturated carbocycles. The molecule has 3 rings (SSSR count). The number of hydrogen-bond donors (Lipinski definition) is 2. The fraction of sp³-hybridized carbons (Fsp3) is 0.375. The van der Waals surface area contributed by atoms with Crippen molar-refractivity contribution in [3.8, 4) is 5.75 Å². The van der Waals surface area contributed by atoms with E-state index in [1.807, 2.05) is 41.9 Å². The minimum atomic E-state index is -0.392. The molecular formula is C16H20N4O2. The largest absolute Gasteiger partial charge is 0.492 e. The smallest absolute Gasteiger partial charge is 0.242 e. The maximum Gasteiger partial charge on any atom is 0.242 e. The molecule has 1 atom stereocenters. The number of ether oxygens (including phenoxy) is 1. The number of aryl methyl sites for hydroxylation is 1. The molecule has 6 nitrogen and oxygen atoms in total. The highest BCUT2D eigenvalue weighted by atomic mass is 16.5. The maximum absolute atomic E-state index is 12.5. The van der Waals surface area contributed by atoms with Gasteiger partial charge >= 0.3 is 0 Å². The Bertz CT molecular complexity index is 653. The third kappa shape index (κ3) is 2.96. The molecule has 2 aromatic rings. The Balaban J connectivity index is 1.72. The summed E-state index contributed by atoms with van der Waals surface area (Å²) >= 11 is 0. The van der Waals surface area contributed by atoms with Crippen LogP contribution in [0.2, 0.25) is 0 Å². The molecule has 1 aromatic heterocycles. The molecule has 0 saturated heterocycles. The van der Waals surface area contributed by atoms with Crippen molar-refractivity contribution in [1.82, 2.24) is 20.4 Å². The minimum Gasteiger partial charge on any atom is -0.492 e. The first kappa shape index (κ1) is 14.6. The first-order valence-electron chi connectivity index (χ1n) is 7.53. The maximum atomic E-state index is 12.5. The van der Waals surface area contributed by atoms with Crippen molar-refractivity contribution in [3.63, 3.8) is 0 Å². The van der Waals surface area contributed by atoms with Crippen molar-refractivity contribution in [1.29, 1.82) is 0 Å². The molecule has 1 unspecified atom stereocenters. The molecule has 116 valence electrons. The Morgan fingerprint density at radius 3 is 3.18 bits per heavy atom. The van der Waals surface area contributed by atoms with Crippen LogP contribution in [-0.4, -0.2) is 28.8 Å². The van der Waals surface area contributed by atoms with Crippen LogP contribution in [0.15, 0.2) is 36.5 Å². The lowest BCUT2D eigenvalue weighted by molar-refractivity contribution is -0.123. The number of carbonyl (C=O) groups excluding carboxylic acids is 1. The second-order valence-electron chi connectivity index (χ2n) is 5.13. The summed E-state index contributed by atoms with van der Waals surface area (Å²) in [6, 6.07) is 9.18. The van der Waals surface area contributed by atoms with E-state index in [1.54, 1.807) is 6.20 Å². The molecule has 2 N–H and O–H groups in total. The van der Waals surface area contributed by atoms with E-state index in [9.17, 15) is 4.79 Å². The number of aromatic nitrogens is 2. The molecular weight excluding hydrogens is 280 g/mol. The van der Waals surface area contributed by atoms with Crippen molar-refractivity contribution in [2.45, 2.75) is 26.1 Å². The Hall–Kier alpha value is -2.34. The van der Waals surface area contributed by atoms with Crippen LogP contribution in [0, 0.1) is 0 Å². The van der Waals surface area contributed by atoms with Gasteiger partial charge in [-0.2, -0.15) is 5.10 Å². The second kappa shape index (κ2) is 6.62. The topological polar surface area (TPSA) is 68.2 Å². The Morgan fingerprint density at radius 1 is 1.45 bits per heavy atom. The van der Waals surface area contributed by atoms with Crippen LogP contribution in [0.5, 0.6) is 5.75 Å². The number of carbonyl (C=O) groups is 1. The van der Waals surface area contributed by atoms with Gasteiger partial charge < -0.3 is 10.1 Å². The van der Waals surface area contributed by atoms with Crippen LogP contribution in [0.3, 0.4) is 0 Å². The van der Waals surface area contributed by atoms with Gasteiger partial charge in [-0.1, -0.05) is 18.2 Å². The van der Waals surface area contributed by atoms with Gasteiger partial charge in [0.25, 0.3) is 0 Å². The summed E-state index contributed by atoms with van der Waals surface area (Å²) in [4.78, 5) is 12.5. The highest BCUT2D eigenvalue weighted by Crippen LogP contribution is 2.27. The molecule has 0 radical (unpaired) electrons. The summed E-state index contributed by atoms with van der Waals surface area (Å²) in [5.41, 5.74) is 1.87. The molecule has 0 spiro atoms. The number of rotatable bonds is 4. The van der Waals surface area contributed by atoms with Gasteiger partial charge in [0.1, 0.15) is 18.4 Å². The summed E-state index contributed by atoms with van der Waals surface area (Å²) < 4.78 is 7.53. The summed E-state index contributed by atoms with van der Waals surface area (Å²) in [7, 11) is 0. The average molecular weight is 300 g/mol. The van der Waals surface area contributed by atoms with Gasteiger partial charge in [-0.05, 0) is 19.1 Å². The van der Waals surface area contributed by atoms with E-state index in [0.29, 0.717) is 19.7 Å². The van der Waals surface area contributed by atoms with Gasteiger partial charge in [0.15, 0.2) is 0 Å². The fourth-order valence-corrected chi connectivity index (χ4v) is 2.63. The third-order valence-corrected chi connectivity index (χ3v) is 3.75. The summed E-state index contributed by atoms with van der Waals surface area (Å²) in [5, 5.41) is 10.4. The van der Waals surface area contributed by atoms with Gasteiger partial charge in [-0.3, -0.25) is 14.8 Å². The number of para-hydroxylation sites is 1. The number of benzene rings is 1. The molecule has 0 aliphatic carbocycles. The molecule has 1 aromatic carbocycles. The minimum absolute atomic E-state index is 0.0539. The first-order valence-corrected chi connectivity index (χ1v) is 7.53. The van der Waals surface area contributed by atoms with E-state index in [4.69, 9.17) is 4.74 Å². The molecule has 0 fully saturated rings.